The smallest absolute Gasteiger partial charge is 0.225 e. The third-order valence-corrected chi connectivity index (χ3v) is 4.48. The summed E-state index contributed by atoms with van der Waals surface area (Å²) in [6.07, 6.45) is 0.930. The van der Waals surface area contributed by atoms with Crippen molar-refractivity contribution in [3.8, 4) is 0 Å². The van der Waals surface area contributed by atoms with Crippen LogP contribution in [0.15, 0.2) is 34.2 Å². The predicted octanol–water partition coefficient (Wildman–Crippen LogP) is 3.03. The third kappa shape index (κ3) is 9.65. The van der Waals surface area contributed by atoms with Gasteiger partial charge in [-0.25, -0.2) is 4.39 Å². The number of amides is 1. The second kappa shape index (κ2) is 11.8. The minimum absolute atomic E-state index is 0.0408. The van der Waals surface area contributed by atoms with Crippen LogP contribution in [0.25, 0.3) is 0 Å². The van der Waals surface area contributed by atoms with E-state index in [1.807, 2.05) is 27.7 Å². The number of guanidine groups is 1. The van der Waals surface area contributed by atoms with Crippen LogP contribution in [-0.2, 0) is 4.79 Å². The number of hydrogen-bond donors (Lipinski definition) is 3. The zero-order valence-corrected chi connectivity index (χ0v) is 17.0. The minimum atomic E-state index is -0.374. The molecule has 0 aliphatic rings. The molecule has 0 fully saturated rings. The first-order valence-corrected chi connectivity index (χ1v) is 10.0. The van der Waals surface area contributed by atoms with Crippen LogP contribution in [0, 0.1) is 11.2 Å². The van der Waals surface area contributed by atoms with Crippen molar-refractivity contribution in [2.75, 3.05) is 31.9 Å². The number of rotatable bonds is 9. The number of thioether (sulfide) groups is 1. The number of aliphatic imine (C=N–C) groups is 1. The molecule has 3 N–H and O–H groups in total. The Hall–Kier alpha value is -1.76. The molecule has 0 heterocycles. The van der Waals surface area contributed by atoms with Gasteiger partial charge in [0.1, 0.15) is 5.82 Å². The van der Waals surface area contributed by atoms with Crippen LogP contribution in [0.4, 0.5) is 4.39 Å². The summed E-state index contributed by atoms with van der Waals surface area (Å²) in [6.45, 7) is 10.4. The molecule has 0 spiro atoms. The second-order valence-corrected chi connectivity index (χ2v) is 8.02. The van der Waals surface area contributed by atoms with E-state index in [4.69, 9.17) is 0 Å². The highest BCUT2D eigenvalue weighted by Gasteiger charge is 2.20. The van der Waals surface area contributed by atoms with Crippen molar-refractivity contribution >= 4 is 23.6 Å². The van der Waals surface area contributed by atoms with E-state index < -0.39 is 0 Å². The summed E-state index contributed by atoms with van der Waals surface area (Å²) in [5, 5.41) is 9.32. The van der Waals surface area contributed by atoms with Gasteiger partial charge in [-0.05, 0) is 43.4 Å². The van der Waals surface area contributed by atoms with Gasteiger partial charge in [0.2, 0.25) is 5.91 Å². The van der Waals surface area contributed by atoms with Crippen LogP contribution in [0.2, 0.25) is 0 Å². The van der Waals surface area contributed by atoms with Crippen molar-refractivity contribution in [1.82, 2.24) is 16.0 Å². The Morgan fingerprint density at radius 2 is 1.77 bits per heavy atom. The molecule has 0 atom stereocenters. The lowest BCUT2D eigenvalue weighted by atomic mass is 9.96. The summed E-state index contributed by atoms with van der Waals surface area (Å²) in [7, 11) is 0. The van der Waals surface area contributed by atoms with Gasteiger partial charge in [0.25, 0.3) is 0 Å². The molecule has 5 nitrogen and oxygen atoms in total. The SMILES string of the molecule is CCNC(=NCCCSc1ccc(F)cc1)NCCNC(=O)C(C)(C)C. The van der Waals surface area contributed by atoms with Gasteiger partial charge >= 0.3 is 0 Å². The molecule has 0 aromatic heterocycles. The molecule has 0 aliphatic carbocycles. The number of hydrogen-bond acceptors (Lipinski definition) is 3. The van der Waals surface area contributed by atoms with E-state index in [-0.39, 0.29) is 17.1 Å². The molecule has 146 valence electrons. The van der Waals surface area contributed by atoms with Crippen molar-refractivity contribution in [2.24, 2.45) is 10.4 Å². The summed E-state index contributed by atoms with van der Waals surface area (Å²) in [5.41, 5.74) is -0.374. The topological polar surface area (TPSA) is 65.5 Å². The van der Waals surface area contributed by atoms with Crippen molar-refractivity contribution < 1.29 is 9.18 Å². The fraction of sp³-hybridized carbons (Fsp3) is 0.579. The first-order valence-electron chi connectivity index (χ1n) is 9.01. The molecule has 0 aliphatic heterocycles. The lowest BCUT2D eigenvalue weighted by molar-refractivity contribution is -0.128. The molecule has 7 heteroatoms. The Morgan fingerprint density at radius 3 is 2.38 bits per heavy atom. The summed E-state index contributed by atoms with van der Waals surface area (Å²) < 4.78 is 12.9. The van der Waals surface area contributed by atoms with E-state index in [0.717, 1.165) is 29.6 Å². The monoisotopic (exact) mass is 382 g/mol. The molecular formula is C19H31FN4OS. The largest absolute Gasteiger partial charge is 0.357 e. The van der Waals surface area contributed by atoms with Gasteiger partial charge in [0.15, 0.2) is 5.96 Å². The summed E-state index contributed by atoms with van der Waals surface area (Å²) in [4.78, 5) is 17.4. The van der Waals surface area contributed by atoms with Crippen LogP contribution in [0.1, 0.15) is 34.1 Å². The van der Waals surface area contributed by atoms with E-state index in [1.54, 1.807) is 23.9 Å². The number of carbonyl (C=O) groups is 1. The van der Waals surface area contributed by atoms with Crippen LogP contribution < -0.4 is 16.0 Å². The standard InChI is InChI=1S/C19H31FN4OS/c1-5-21-18(24-13-12-22-17(25)19(2,3)4)23-11-6-14-26-16-9-7-15(20)8-10-16/h7-10H,5-6,11-14H2,1-4H3,(H,22,25)(H2,21,23,24). The van der Waals surface area contributed by atoms with Crippen molar-refractivity contribution in [2.45, 2.75) is 39.0 Å². The summed E-state index contributed by atoms with van der Waals surface area (Å²) >= 11 is 1.70. The number of nitrogens with one attached hydrogen (secondary N) is 3. The van der Waals surface area contributed by atoms with Gasteiger partial charge in [-0.1, -0.05) is 20.8 Å². The number of benzene rings is 1. The van der Waals surface area contributed by atoms with Crippen molar-refractivity contribution in [3.05, 3.63) is 30.1 Å². The molecule has 0 unspecified atom stereocenters. The van der Waals surface area contributed by atoms with Crippen molar-refractivity contribution in [3.63, 3.8) is 0 Å². The number of nitrogens with zero attached hydrogens (tertiary/aromatic N) is 1. The van der Waals surface area contributed by atoms with Gasteiger partial charge in [0, 0.05) is 36.5 Å². The molecule has 1 rings (SSSR count). The quantitative estimate of drug-likeness (QED) is 0.266. The molecule has 1 aromatic carbocycles. The summed E-state index contributed by atoms with van der Waals surface area (Å²) in [5.74, 6) is 1.51. The molecule has 0 saturated carbocycles. The first kappa shape index (κ1) is 22.3. The van der Waals surface area contributed by atoms with Crippen LogP contribution in [0.3, 0.4) is 0 Å². The third-order valence-electron chi connectivity index (χ3n) is 3.38. The first-order chi connectivity index (χ1) is 12.3. The highest BCUT2D eigenvalue weighted by Crippen LogP contribution is 2.18. The maximum atomic E-state index is 12.9. The Kier molecular flexibility index (Phi) is 10.1. The zero-order chi connectivity index (χ0) is 19.4. The molecule has 0 radical (unpaired) electrons. The normalized spacial score (nSPS) is 12.0. The zero-order valence-electron chi connectivity index (χ0n) is 16.2. The van der Waals surface area contributed by atoms with E-state index in [1.165, 1.54) is 12.1 Å². The molecule has 26 heavy (non-hydrogen) atoms. The molecule has 0 saturated heterocycles. The average Bonchev–Trinajstić information content (AvgIpc) is 2.58. The van der Waals surface area contributed by atoms with Crippen LogP contribution in [-0.4, -0.2) is 43.8 Å². The molecule has 1 aromatic rings. The minimum Gasteiger partial charge on any atom is -0.357 e. The molecule has 0 bridgehead atoms. The second-order valence-electron chi connectivity index (χ2n) is 6.85. The van der Waals surface area contributed by atoms with Crippen LogP contribution in [0.5, 0.6) is 0 Å². The van der Waals surface area contributed by atoms with E-state index in [9.17, 15) is 9.18 Å². The lowest BCUT2D eigenvalue weighted by Gasteiger charge is -2.18. The van der Waals surface area contributed by atoms with Crippen LogP contribution >= 0.6 is 11.8 Å². The average molecular weight is 383 g/mol. The number of halogens is 1. The van der Waals surface area contributed by atoms with Gasteiger partial charge in [-0.15, -0.1) is 11.8 Å². The van der Waals surface area contributed by atoms with E-state index in [2.05, 4.69) is 20.9 Å². The van der Waals surface area contributed by atoms with Gasteiger partial charge in [-0.2, -0.15) is 0 Å². The van der Waals surface area contributed by atoms with E-state index >= 15 is 0 Å². The highest BCUT2D eigenvalue weighted by molar-refractivity contribution is 7.99. The maximum absolute atomic E-state index is 12.9. The fourth-order valence-electron chi connectivity index (χ4n) is 1.94. The van der Waals surface area contributed by atoms with Crippen molar-refractivity contribution in [1.29, 1.82) is 0 Å². The molecular weight excluding hydrogens is 351 g/mol. The molecule has 1 amide bonds. The van der Waals surface area contributed by atoms with Gasteiger partial charge < -0.3 is 16.0 Å². The Morgan fingerprint density at radius 1 is 1.12 bits per heavy atom. The fourth-order valence-corrected chi connectivity index (χ4v) is 2.78. The van der Waals surface area contributed by atoms with E-state index in [0.29, 0.717) is 19.6 Å². The number of carbonyl (C=O) groups excluding carboxylic acids is 1. The Labute approximate surface area is 160 Å². The van der Waals surface area contributed by atoms with Gasteiger partial charge in [-0.3, -0.25) is 9.79 Å². The predicted molar refractivity (Wildman–Crippen MR) is 108 cm³/mol. The summed E-state index contributed by atoms with van der Waals surface area (Å²) in [6, 6.07) is 6.54. The van der Waals surface area contributed by atoms with Gasteiger partial charge in [0.05, 0.1) is 0 Å². The highest BCUT2D eigenvalue weighted by atomic mass is 32.2. The maximum Gasteiger partial charge on any atom is 0.225 e. The lowest BCUT2D eigenvalue weighted by Crippen LogP contribution is -2.43. The Balaban J connectivity index is 2.25. The Bertz CT molecular complexity index is 570.